The number of nitrogens with one attached hydrogen (secondary N) is 1. The standard InChI is InChI=1S/C18H21F3N2O3S/c1-2-7-15(12-18(19,20)21)22-17(24)14-8-6-11-23(13-14)27(25,26)16-9-4-3-5-10-16/h1,3-5,9-10,14-15H,6-8,11-13H2,(H,22,24). The van der Waals surface area contributed by atoms with Gasteiger partial charge in [0.05, 0.1) is 17.2 Å². The fraction of sp³-hybridized carbons (Fsp3) is 0.500. The molecule has 9 heteroatoms. The van der Waals surface area contributed by atoms with Crippen molar-refractivity contribution in [1.29, 1.82) is 0 Å². The van der Waals surface area contributed by atoms with Gasteiger partial charge in [-0.1, -0.05) is 18.2 Å². The molecule has 2 atom stereocenters. The fourth-order valence-corrected chi connectivity index (χ4v) is 4.58. The number of amides is 1. The molecule has 2 unspecified atom stereocenters. The van der Waals surface area contributed by atoms with Gasteiger partial charge < -0.3 is 5.32 Å². The number of hydrogen-bond donors (Lipinski definition) is 1. The lowest BCUT2D eigenvalue weighted by Crippen LogP contribution is -2.48. The van der Waals surface area contributed by atoms with Crippen LogP contribution in [0.15, 0.2) is 35.2 Å². The molecule has 1 aromatic carbocycles. The van der Waals surface area contributed by atoms with Crippen LogP contribution in [0.4, 0.5) is 13.2 Å². The maximum atomic E-state index is 12.7. The minimum absolute atomic E-state index is 0.0716. The van der Waals surface area contributed by atoms with Gasteiger partial charge in [0, 0.05) is 25.6 Å². The van der Waals surface area contributed by atoms with E-state index in [1.165, 1.54) is 16.4 Å². The van der Waals surface area contributed by atoms with Gasteiger partial charge >= 0.3 is 6.18 Å². The number of sulfonamides is 1. The van der Waals surface area contributed by atoms with Crippen molar-refractivity contribution in [3.8, 4) is 12.3 Å². The smallest absolute Gasteiger partial charge is 0.352 e. The first-order valence-electron chi connectivity index (χ1n) is 8.49. The Balaban J connectivity index is 2.06. The van der Waals surface area contributed by atoms with E-state index in [1.807, 2.05) is 0 Å². The number of rotatable bonds is 6. The zero-order valence-electron chi connectivity index (χ0n) is 14.6. The Morgan fingerprint density at radius 1 is 1.33 bits per heavy atom. The summed E-state index contributed by atoms with van der Waals surface area (Å²) in [6.07, 6.45) is 0.0208. The molecule has 1 N–H and O–H groups in total. The SMILES string of the molecule is C#CCC(CC(F)(F)F)NC(=O)C1CCCN(S(=O)(=O)c2ccccc2)C1. The third-order valence-corrected chi connectivity index (χ3v) is 6.20. The third kappa shape index (κ3) is 5.97. The highest BCUT2D eigenvalue weighted by atomic mass is 32.2. The largest absolute Gasteiger partial charge is 0.391 e. The van der Waals surface area contributed by atoms with E-state index >= 15 is 0 Å². The lowest BCUT2D eigenvalue weighted by Gasteiger charge is -2.32. The van der Waals surface area contributed by atoms with Gasteiger partial charge in [0.15, 0.2) is 0 Å². The molecule has 1 aromatic rings. The zero-order chi connectivity index (χ0) is 20.1. The number of terminal acetylenes is 1. The summed E-state index contributed by atoms with van der Waals surface area (Å²) in [6, 6.07) is 6.60. The van der Waals surface area contributed by atoms with Gasteiger partial charge in [0.25, 0.3) is 0 Å². The molecule has 1 heterocycles. The number of piperidine rings is 1. The lowest BCUT2D eigenvalue weighted by molar-refractivity contribution is -0.143. The number of benzene rings is 1. The summed E-state index contributed by atoms with van der Waals surface area (Å²) >= 11 is 0. The van der Waals surface area contributed by atoms with Crippen molar-refractivity contribution in [2.45, 2.75) is 42.8 Å². The lowest BCUT2D eigenvalue weighted by atomic mass is 9.98. The molecule has 1 fully saturated rings. The molecule has 1 saturated heterocycles. The molecule has 148 valence electrons. The predicted octanol–water partition coefficient (Wildman–Crippen LogP) is 2.55. The first kappa shape index (κ1) is 21.3. The third-order valence-electron chi connectivity index (χ3n) is 4.32. The van der Waals surface area contributed by atoms with Crippen molar-refractivity contribution in [3.05, 3.63) is 30.3 Å². The number of halogens is 3. The Hall–Kier alpha value is -2.05. The monoisotopic (exact) mass is 402 g/mol. The molecule has 2 rings (SSSR count). The molecule has 0 aliphatic carbocycles. The Bertz CT molecular complexity index is 788. The molecule has 1 aliphatic rings. The van der Waals surface area contributed by atoms with E-state index in [2.05, 4.69) is 11.2 Å². The molecular weight excluding hydrogens is 381 g/mol. The second kappa shape index (κ2) is 8.76. The summed E-state index contributed by atoms with van der Waals surface area (Å²) in [5, 5.41) is 2.33. The van der Waals surface area contributed by atoms with Crippen molar-refractivity contribution in [2.24, 2.45) is 5.92 Å². The number of carbonyl (C=O) groups excluding carboxylic acids is 1. The molecule has 0 radical (unpaired) electrons. The average Bonchev–Trinajstić information content (AvgIpc) is 2.61. The summed E-state index contributed by atoms with van der Waals surface area (Å²) < 4.78 is 64.4. The normalized spacial score (nSPS) is 19.9. The van der Waals surface area contributed by atoms with Crippen LogP contribution in [-0.4, -0.2) is 43.9 Å². The number of hydrogen-bond acceptors (Lipinski definition) is 3. The van der Waals surface area contributed by atoms with Gasteiger partial charge in [-0.2, -0.15) is 17.5 Å². The van der Waals surface area contributed by atoms with E-state index in [0.29, 0.717) is 12.8 Å². The highest BCUT2D eigenvalue weighted by Crippen LogP contribution is 2.26. The van der Waals surface area contributed by atoms with Crippen LogP contribution in [0.3, 0.4) is 0 Å². The van der Waals surface area contributed by atoms with Gasteiger partial charge in [0.1, 0.15) is 0 Å². The van der Waals surface area contributed by atoms with Crippen molar-refractivity contribution in [3.63, 3.8) is 0 Å². The quantitative estimate of drug-likeness (QED) is 0.744. The second-order valence-corrected chi connectivity index (χ2v) is 8.39. The summed E-state index contributed by atoms with van der Waals surface area (Å²) in [6.45, 7) is 0.190. The minimum Gasteiger partial charge on any atom is -0.352 e. The predicted molar refractivity (Wildman–Crippen MR) is 94.0 cm³/mol. The highest BCUT2D eigenvalue weighted by Gasteiger charge is 2.36. The molecular formula is C18H21F3N2O3S. The maximum absolute atomic E-state index is 12.7. The number of alkyl halides is 3. The zero-order valence-corrected chi connectivity index (χ0v) is 15.4. The Kier molecular flexibility index (Phi) is 6.89. The van der Waals surface area contributed by atoms with E-state index < -0.39 is 40.5 Å². The molecule has 0 spiro atoms. The van der Waals surface area contributed by atoms with Crippen LogP contribution < -0.4 is 5.32 Å². The number of nitrogens with zero attached hydrogens (tertiary/aromatic N) is 1. The molecule has 0 saturated carbocycles. The molecule has 5 nitrogen and oxygen atoms in total. The van der Waals surface area contributed by atoms with Crippen molar-refractivity contribution < 1.29 is 26.4 Å². The van der Waals surface area contributed by atoms with E-state index in [9.17, 15) is 26.4 Å². The van der Waals surface area contributed by atoms with Crippen LogP contribution in [0, 0.1) is 18.3 Å². The summed E-state index contributed by atoms with van der Waals surface area (Å²) in [5.74, 6) is 0.811. The van der Waals surface area contributed by atoms with Gasteiger partial charge in [0.2, 0.25) is 15.9 Å². The van der Waals surface area contributed by atoms with Crippen LogP contribution in [0.2, 0.25) is 0 Å². The van der Waals surface area contributed by atoms with Gasteiger partial charge in [-0.3, -0.25) is 4.79 Å². The van der Waals surface area contributed by atoms with E-state index in [-0.39, 0.29) is 24.4 Å². The minimum atomic E-state index is -4.45. The first-order valence-corrected chi connectivity index (χ1v) is 9.93. The fourth-order valence-electron chi connectivity index (χ4n) is 3.03. The Morgan fingerprint density at radius 3 is 2.59 bits per heavy atom. The van der Waals surface area contributed by atoms with Crippen LogP contribution >= 0.6 is 0 Å². The summed E-state index contributed by atoms with van der Waals surface area (Å²) in [5.41, 5.74) is 0. The Labute approximate surface area is 157 Å². The second-order valence-electron chi connectivity index (χ2n) is 6.45. The first-order chi connectivity index (χ1) is 12.6. The van der Waals surface area contributed by atoms with E-state index in [1.54, 1.807) is 18.2 Å². The molecule has 0 bridgehead atoms. The average molecular weight is 402 g/mol. The van der Waals surface area contributed by atoms with E-state index in [0.717, 1.165) is 0 Å². The van der Waals surface area contributed by atoms with Crippen LogP contribution in [0.1, 0.15) is 25.7 Å². The summed E-state index contributed by atoms with van der Waals surface area (Å²) in [7, 11) is -3.75. The molecule has 1 aliphatic heterocycles. The van der Waals surface area contributed by atoms with Gasteiger partial charge in [-0.15, -0.1) is 12.3 Å². The van der Waals surface area contributed by atoms with Crippen molar-refractivity contribution in [2.75, 3.05) is 13.1 Å². The van der Waals surface area contributed by atoms with Gasteiger partial charge in [-0.25, -0.2) is 8.42 Å². The van der Waals surface area contributed by atoms with Crippen molar-refractivity contribution >= 4 is 15.9 Å². The molecule has 1 amide bonds. The number of carbonyl (C=O) groups is 1. The maximum Gasteiger partial charge on any atom is 0.391 e. The molecule has 27 heavy (non-hydrogen) atoms. The van der Waals surface area contributed by atoms with Crippen LogP contribution in [0.25, 0.3) is 0 Å². The Morgan fingerprint density at radius 2 is 2.00 bits per heavy atom. The highest BCUT2D eigenvalue weighted by molar-refractivity contribution is 7.89. The molecule has 0 aromatic heterocycles. The van der Waals surface area contributed by atoms with Crippen LogP contribution in [-0.2, 0) is 14.8 Å². The van der Waals surface area contributed by atoms with E-state index in [4.69, 9.17) is 6.42 Å². The summed E-state index contributed by atoms with van der Waals surface area (Å²) in [4.78, 5) is 12.5. The van der Waals surface area contributed by atoms with Crippen molar-refractivity contribution in [1.82, 2.24) is 9.62 Å². The topological polar surface area (TPSA) is 66.5 Å². The van der Waals surface area contributed by atoms with Crippen LogP contribution in [0.5, 0.6) is 0 Å². The van der Waals surface area contributed by atoms with Gasteiger partial charge in [-0.05, 0) is 25.0 Å².